The molecule has 0 fully saturated rings. The number of carbonyl (C=O) groups excluding carboxylic acids is 5. The summed E-state index contributed by atoms with van der Waals surface area (Å²) in [4.78, 5) is 63.1. The molecule has 7 heteroatoms. The van der Waals surface area contributed by atoms with E-state index < -0.39 is 34.9 Å². The number of hydrogen-bond donors (Lipinski definition) is 0. The molecule has 0 aliphatic heterocycles. The summed E-state index contributed by atoms with van der Waals surface area (Å²) >= 11 is 0. The molecule has 0 N–H and O–H groups in total. The van der Waals surface area contributed by atoms with Crippen LogP contribution in [0.5, 0.6) is 5.75 Å². The van der Waals surface area contributed by atoms with Gasteiger partial charge in [0, 0.05) is 23.6 Å². The van der Waals surface area contributed by atoms with Gasteiger partial charge in [-0.2, -0.15) is 0 Å². The SMILES string of the molecule is CC(=O)Oc1c(C(C)=O)c(CC(=O)OC(C)(C)C)cc2c1C(=O)c1ccccc1C2=O. The maximum absolute atomic E-state index is 13.2. The predicted molar refractivity (Wildman–Crippen MR) is 111 cm³/mol. The quantitative estimate of drug-likeness (QED) is 0.360. The zero-order valence-corrected chi connectivity index (χ0v) is 18.0. The third kappa shape index (κ3) is 4.30. The molecule has 0 aromatic heterocycles. The van der Waals surface area contributed by atoms with Crippen molar-refractivity contribution in [3.05, 3.63) is 63.7 Å². The van der Waals surface area contributed by atoms with Gasteiger partial charge in [0.2, 0.25) is 0 Å². The fourth-order valence-corrected chi connectivity index (χ4v) is 3.58. The van der Waals surface area contributed by atoms with Gasteiger partial charge in [-0.1, -0.05) is 24.3 Å². The lowest BCUT2D eigenvalue weighted by atomic mass is 9.80. The average molecular weight is 422 g/mol. The van der Waals surface area contributed by atoms with E-state index in [0.717, 1.165) is 6.92 Å². The Labute approximate surface area is 179 Å². The zero-order chi connectivity index (χ0) is 23.1. The van der Waals surface area contributed by atoms with E-state index in [2.05, 4.69) is 0 Å². The van der Waals surface area contributed by atoms with Gasteiger partial charge >= 0.3 is 11.9 Å². The van der Waals surface area contributed by atoms with Gasteiger partial charge in [-0.05, 0) is 39.3 Å². The minimum Gasteiger partial charge on any atom is -0.460 e. The highest BCUT2D eigenvalue weighted by Gasteiger charge is 2.36. The molecule has 3 rings (SSSR count). The van der Waals surface area contributed by atoms with Crippen LogP contribution in [0.4, 0.5) is 0 Å². The summed E-state index contributed by atoms with van der Waals surface area (Å²) in [5.41, 5.74) is -0.529. The van der Waals surface area contributed by atoms with E-state index in [-0.39, 0.29) is 45.6 Å². The number of rotatable bonds is 4. The summed E-state index contributed by atoms with van der Waals surface area (Å²) in [5, 5.41) is 0. The maximum atomic E-state index is 13.2. The Morgan fingerprint density at radius 1 is 0.903 bits per heavy atom. The molecule has 0 atom stereocenters. The second-order valence-electron chi connectivity index (χ2n) is 8.28. The first kappa shape index (κ1) is 22.1. The van der Waals surface area contributed by atoms with Crippen molar-refractivity contribution in [3.8, 4) is 5.75 Å². The van der Waals surface area contributed by atoms with Crippen LogP contribution in [0.25, 0.3) is 0 Å². The molecule has 0 bridgehead atoms. The van der Waals surface area contributed by atoms with Crippen LogP contribution in [0, 0.1) is 0 Å². The Balaban J connectivity index is 2.28. The van der Waals surface area contributed by atoms with E-state index in [9.17, 15) is 24.0 Å². The highest BCUT2D eigenvalue weighted by molar-refractivity contribution is 6.30. The number of ketones is 3. The molecule has 1 aliphatic rings. The number of benzene rings is 2. The molecule has 0 radical (unpaired) electrons. The van der Waals surface area contributed by atoms with Gasteiger partial charge < -0.3 is 9.47 Å². The fraction of sp³-hybridized carbons (Fsp3) is 0.292. The summed E-state index contributed by atoms with van der Waals surface area (Å²) < 4.78 is 10.6. The van der Waals surface area contributed by atoms with E-state index in [0.29, 0.717) is 0 Å². The topological polar surface area (TPSA) is 104 Å². The molecular formula is C24H22O7. The Bertz CT molecular complexity index is 1150. The standard InChI is InChI=1S/C24H22O7/c1-12(25)19-14(11-18(27)31-24(3,4)5)10-17-20(23(19)30-13(2)26)22(29)16-9-7-6-8-15(16)21(17)28/h6-10H,11H2,1-5H3. The molecule has 1 aliphatic carbocycles. The van der Waals surface area contributed by atoms with E-state index in [1.165, 1.54) is 25.1 Å². The number of carbonyl (C=O) groups is 5. The first-order valence-corrected chi connectivity index (χ1v) is 9.70. The summed E-state index contributed by atoms with van der Waals surface area (Å²) in [6, 6.07) is 7.62. The van der Waals surface area contributed by atoms with Crippen LogP contribution in [-0.4, -0.2) is 34.9 Å². The van der Waals surface area contributed by atoms with Crippen molar-refractivity contribution >= 4 is 29.3 Å². The molecule has 0 saturated heterocycles. The van der Waals surface area contributed by atoms with E-state index in [1.807, 2.05) is 0 Å². The molecule has 7 nitrogen and oxygen atoms in total. The molecule has 160 valence electrons. The van der Waals surface area contributed by atoms with Crippen LogP contribution < -0.4 is 4.74 Å². The van der Waals surface area contributed by atoms with Gasteiger partial charge in [0.25, 0.3) is 0 Å². The third-order valence-corrected chi connectivity index (χ3v) is 4.60. The van der Waals surface area contributed by atoms with Gasteiger partial charge in [-0.3, -0.25) is 24.0 Å². The lowest BCUT2D eigenvalue weighted by molar-refractivity contribution is -0.153. The summed E-state index contributed by atoms with van der Waals surface area (Å²) in [6.07, 6.45) is -0.336. The summed E-state index contributed by atoms with van der Waals surface area (Å²) in [5.74, 6) is -3.20. The molecule has 0 amide bonds. The molecule has 0 unspecified atom stereocenters. The molecular weight excluding hydrogens is 400 g/mol. The largest absolute Gasteiger partial charge is 0.460 e. The minimum absolute atomic E-state index is 0.0245. The Morgan fingerprint density at radius 2 is 1.48 bits per heavy atom. The van der Waals surface area contributed by atoms with Gasteiger partial charge in [-0.15, -0.1) is 0 Å². The van der Waals surface area contributed by atoms with Gasteiger partial charge in [-0.25, -0.2) is 0 Å². The van der Waals surface area contributed by atoms with Crippen molar-refractivity contribution in [2.45, 2.75) is 46.6 Å². The fourth-order valence-electron chi connectivity index (χ4n) is 3.58. The first-order valence-electron chi connectivity index (χ1n) is 9.70. The number of esters is 2. The smallest absolute Gasteiger partial charge is 0.310 e. The molecule has 2 aromatic carbocycles. The molecule has 0 spiro atoms. The van der Waals surface area contributed by atoms with Gasteiger partial charge in [0.15, 0.2) is 23.1 Å². The number of Topliss-reactive ketones (excluding diaryl/α,β-unsaturated/α-hetero) is 1. The first-order chi connectivity index (χ1) is 14.4. The van der Waals surface area contributed by atoms with Crippen LogP contribution in [0.2, 0.25) is 0 Å². The second-order valence-corrected chi connectivity index (χ2v) is 8.28. The van der Waals surface area contributed by atoms with Crippen molar-refractivity contribution in [2.75, 3.05) is 0 Å². The monoisotopic (exact) mass is 422 g/mol. The van der Waals surface area contributed by atoms with E-state index >= 15 is 0 Å². The van der Waals surface area contributed by atoms with Crippen molar-refractivity contribution in [3.63, 3.8) is 0 Å². The predicted octanol–water partition coefficient (Wildman–Crippen LogP) is 3.47. The van der Waals surface area contributed by atoms with Gasteiger partial charge in [0.05, 0.1) is 17.5 Å². The van der Waals surface area contributed by atoms with E-state index in [1.54, 1.807) is 32.9 Å². The van der Waals surface area contributed by atoms with Crippen LogP contribution in [0.15, 0.2) is 30.3 Å². The Hall–Kier alpha value is -3.61. The number of hydrogen-bond acceptors (Lipinski definition) is 7. The van der Waals surface area contributed by atoms with Crippen molar-refractivity contribution < 1.29 is 33.4 Å². The highest BCUT2D eigenvalue weighted by Crippen LogP contribution is 2.38. The van der Waals surface area contributed by atoms with Crippen molar-refractivity contribution in [2.24, 2.45) is 0 Å². The van der Waals surface area contributed by atoms with Crippen LogP contribution >= 0.6 is 0 Å². The number of fused-ring (bicyclic) bond motifs is 2. The molecule has 0 heterocycles. The minimum atomic E-state index is -0.766. The van der Waals surface area contributed by atoms with Crippen molar-refractivity contribution in [1.82, 2.24) is 0 Å². The van der Waals surface area contributed by atoms with Crippen LogP contribution in [0.1, 0.15) is 82.4 Å². The summed E-state index contributed by atoms with van der Waals surface area (Å²) in [6.45, 7) is 7.46. The molecule has 0 saturated carbocycles. The lowest BCUT2D eigenvalue weighted by Gasteiger charge is -2.24. The number of ether oxygens (including phenoxy) is 2. The zero-order valence-electron chi connectivity index (χ0n) is 18.0. The van der Waals surface area contributed by atoms with Crippen LogP contribution in [-0.2, 0) is 20.7 Å². The molecule has 31 heavy (non-hydrogen) atoms. The molecule has 2 aromatic rings. The highest BCUT2D eigenvalue weighted by atomic mass is 16.6. The Kier molecular flexibility index (Phi) is 5.63. The normalized spacial score (nSPS) is 12.7. The summed E-state index contributed by atoms with van der Waals surface area (Å²) in [7, 11) is 0. The van der Waals surface area contributed by atoms with Gasteiger partial charge in [0.1, 0.15) is 5.60 Å². The van der Waals surface area contributed by atoms with E-state index in [4.69, 9.17) is 9.47 Å². The maximum Gasteiger partial charge on any atom is 0.310 e. The average Bonchev–Trinajstić information content (AvgIpc) is 2.63. The Morgan fingerprint density at radius 3 is 2.00 bits per heavy atom. The van der Waals surface area contributed by atoms with Crippen LogP contribution in [0.3, 0.4) is 0 Å². The lowest BCUT2D eigenvalue weighted by Crippen LogP contribution is -2.27. The van der Waals surface area contributed by atoms with Crippen molar-refractivity contribution in [1.29, 1.82) is 0 Å². The third-order valence-electron chi connectivity index (χ3n) is 4.60. The second kappa shape index (κ2) is 7.91.